The first-order valence-electron chi connectivity index (χ1n) is 4.87. The Kier molecular flexibility index (Phi) is 3.08. The zero-order valence-corrected chi connectivity index (χ0v) is 9.75. The summed E-state index contributed by atoms with van der Waals surface area (Å²) in [6.45, 7) is 0. The Morgan fingerprint density at radius 1 is 1.29 bits per heavy atom. The van der Waals surface area contributed by atoms with Crippen LogP contribution >= 0.6 is 15.9 Å². The third kappa shape index (κ3) is 2.28. The molecule has 3 heteroatoms. The molecule has 2 nitrogen and oxygen atoms in total. The minimum atomic E-state index is 0.397. The third-order valence-electron chi connectivity index (χ3n) is 2.62. The summed E-state index contributed by atoms with van der Waals surface area (Å²) in [7, 11) is 2.00. The van der Waals surface area contributed by atoms with Crippen molar-refractivity contribution in [3.8, 4) is 5.75 Å². The van der Waals surface area contributed by atoms with Crippen molar-refractivity contribution in [2.45, 2.75) is 25.0 Å². The average molecular weight is 256 g/mol. The van der Waals surface area contributed by atoms with E-state index in [9.17, 15) is 0 Å². The molecular weight excluding hydrogens is 242 g/mol. The largest absolute Gasteiger partial charge is 0.490 e. The Bertz CT molecular complexity index is 293. The maximum absolute atomic E-state index is 5.78. The van der Waals surface area contributed by atoms with Gasteiger partial charge in [0.15, 0.2) is 0 Å². The van der Waals surface area contributed by atoms with Crippen LogP contribution in [-0.4, -0.2) is 19.2 Å². The van der Waals surface area contributed by atoms with E-state index in [4.69, 9.17) is 4.74 Å². The summed E-state index contributed by atoms with van der Waals surface area (Å²) in [5.74, 6) is 0.966. The minimum Gasteiger partial charge on any atom is -0.490 e. The monoisotopic (exact) mass is 255 g/mol. The SMILES string of the molecule is CNC1CC(Oc2ccc(Br)cc2)C1. The summed E-state index contributed by atoms with van der Waals surface area (Å²) in [6, 6.07) is 8.65. The molecule has 2 rings (SSSR count). The average Bonchev–Trinajstić information content (AvgIpc) is 2.13. The maximum Gasteiger partial charge on any atom is 0.119 e. The first kappa shape index (κ1) is 9.99. The molecule has 1 aromatic rings. The van der Waals surface area contributed by atoms with Gasteiger partial charge < -0.3 is 10.1 Å². The second-order valence-corrected chi connectivity index (χ2v) is 4.57. The fourth-order valence-corrected chi connectivity index (χ4v) is 1.87. The smallest absolute Gasteiger partial charge is 0.119 e. The van der Waals surface area contributed by atoms with Gasteiger partial charge in [0, 0.05) is 10.5 Å². The lowest BCUT2D eigenvalue weighted by atomic mass is 9.89. The standard InChI is InChI=1S/C11H14BrNO/c1-13-9-6-11(7-9)14-10-4-2-8(12)3-5-10/h2-5,9,11,13H,6-7H2,1H3. The predicted octanol–water partition coefficient (Wildman–Crippen LogP) is 2.58. The molecule has 0 radical (unpaired) electrons. The van der Waals surface area contributed by atoms with E-state index < -0.39 is 0 Å². The number of benzene rings is 1. The van der Waals surface area contributed by atoms with Crippen molar-refractivity contribution in [3.63, 3.8) is 0 Å². The van der Waals surface area contributed by atoms with Gasteiger partial charge in [0.25, 0.3) is 0 Å². The highest BCUT2D eigenvalue weighted by atomic mass is 79.9. The van der Waals surface area contributed by atoms with Crippen LogP contribution < -0.4 is 10.1 Å². The van der Waals surface area contributed by atoms with Crippen LogP contribution in [0, 0.1) is 0 Å². The molecule has 0 heterocycles. The van der Waals surface area contributed by atoms with Crippen LogP contribution in [0.15, 0.2) is 28.7 Å². The molecule has 1 N–H and O–H groups in total. The fraction of sp³-hybridized carbons (Fsp3) is 0.455. The molecule has 1 fully saturated rings. The molecule has 1 aliphatic carbocycles. The Morgan fingerprint density at radius 2 is 1.93 bits per heavy atom. The van der Waals surface area contributed by atoms with E-state index in [1.165, 1.54) is 0 Å². The summed E-state index contributed by atoms with van der Waals surface area (Å²) in [6.07, 6.45) is 2.63. The topological polar surface area (TPSA) is 21.3 Å². The maximum atomic E-state index is 5.78. The van der Waals surface area contributed by atoms with Gasteiger partial charge in [-0.1, -0.05) is 15.9 Å². The zero-order valence-electron chi connectivity index (χ0n) is 8.16. The van der Waals surface area contributed by atoms with E-state index >= 15 is 0 Å². The number of ether oxygens (including phenoxy) is 1. The Balaban J connectivity index is 1.84. The first-order valence-corrected chi connectivity index (χ1v) is 5.66. The number of nitrogens with one attached hydrogen (secondary N) is 1. The van der Waals surface area contributed by atoms with Crippen LogP contribution in [-0.2, 0) is 0 Å². The molecule has 0 aliphatic heterocycles. The normalized spacial score (nSPS) is 25.6. The molecule has 0 unspecified atom stereocenters. The molecule has 0 bridgehead atoms. The van der Waals surface area contributed by atoms with Crippen molar-refractivity contribution in [1.29, 1.82) is 0 Å². The predicted molar refractivity (Wildman–Crippen MR) is 60.6 cm³/mol. The highest BCUT2D eigenvalue weighted by Crippen LogP contribution is 2.26. The van der Waals surface area contributed by atoms with Crippen LogP contribution in [0.25, 0.3) is 0 Å². The summed E-state index contributed by atoms with van der Waals surface area (Å²) in [5.41, 5.74) is 0. The number of hydrogen-bond acceptors (Lipinski definition) is 2. The van der Waals surface area contributed by atoms with E-state index in [2.05, 4.69) is 21.2 Å². The van der Waals surface area contributed by atoms with Gasteiger partial charge in [0.2, 0.25) is 0 Å². The quantitative estimate of drug-likeness (QED) is 0.897. The lowest BCUT2D eigenvalue weighted by molar-refractivity contribution is 0.0885. The molecule has 1 saturated carbocycles. The lowest BCUT2D eigenvalue weighted by Gasteiger charge is -2.35. The van der Waals surface area contributed by atoms with Gasteiger partial charge >= 0.3 is 0 Å². The van der Waals surface area contributed by atoms with Gasteiger partial charge in [-0.15, -0.1) is 0 Å². The zero-order chi connectivity index (χ0) is 9.97. The van der Waals surface area contributed by atoms with E-state index in [-0.39, 0.29) is 0 Å². The summed E-state index contributed by atoms with van der Waals surface area (Å²) in [4.78, 5) is 0. The summed E-state index contributed by atoms with van der Waals surface area (Å²) in [5, 5.41) is 3.24. The van der Waals surface area contributed by atoms with Gasteiger partial charge in [0.1, 0.15) is 11.9 Å². The van der Waals surface area contributed by atoms with Crippen molar-refractivity contribution in [3.05, 3.63) is 28.7 Å². The van der Waals surface area contributed by atoms with Gasteiger partial charge in [-0.2, -0.15) is 0 Å². The summed E-state index contributed by atoms with van der Waals surface area (Å²) >= 11 is 3.40. The third-order valence-corrected chi connectivity index (χ3v) is 3.15. The van der Waals surface area contributed by atoms with E-state index in [1.807, 2.05) is 31.3 Å². The van der Waals surface area contributed by atoms with Gasteiger partial charge in [-0.3, -0.25) is 0 Å². The van der Waals surface area contributed by atoms with Crippen LogP contribution in [0.4, 0.5) is 0 Å². The second-order valence-electron chi connectivity index (χ2n) is 3.65. The van der Waals surface area contributed by atoms with Crippen molar-refractivity contribution in [1.82, 2.24) is 5.32 Å². The van der Waals surface area contributed by atoms with E-state index in [0.717, 1.165) is 23.1 Å². The molecule has 76 valence electrons. The molecule has 0 saturated heterocycles. The van der Waals surface area contributed by atoms with Crippen LogP contribution in [0.1, 0.15) is 12.8 Å². The van der Waals surface area contributed by atoms with Crippen LogP contribution in [0.5, 0.6) is 5.75 Å². The van der Waals surface area contributed by atoms with Gasteiger partial charge in [-0.05, 0) is 44.2 Å². The summed E-state index contributed by atoms with van der Waals surface area (Å²) < 4.78 is 6.87. The van der Waals surface area contributed by atoms with Crippen molar-refractivity contribution in [2.24, 2.45) is 0 Å². The van der Waals surface area contributed by atoms with Crippen LogP contribution in [0.3, 0.4) is 0 Å². The van der Waals surface area contributed by atoms with Gasteiger partial charge in [-0.25, -0.2) is 0 Å². The number of halogens is 1. The van der Waals surface area contributed by atoms with Crippen molar-refractivity contribution >= 4 is 15.9 Å². The molecular formula is C11H14BrNO. The van der Waals surface area contributed by atoms with Gasteiger partial charge in [0.05, 0.1) is 0 Å². The highest BCUT2D eigenvalue weighted by Gasteiger charge is 2.29. The second kappa shape index (κ2) is 4.32. The van der Waals surface area contributed by atoms with Crippen LogP contribution in [0.2, 0.25) is 0 Å². The van der Waals surface area contributed by atoms with Crippen molar-refractivity contribution in [2.75, 3.05) is 7.05 Å². The first-order chi connectivity index (χ1) is 6.78. The molecule has 0 atom stereocenters. The molecule has 1 aliphatic rings. The van der Waals surface area contributed by atoms with Crippen molar-refractivity contribution < 1.29 is 4.74 Å². The number of rotatable bonds is 3. The molecule has 0 amide bonds. The van der Waals surface area contributed by atoms with E-state index in [1.54, 1.807) is 0 Å². The number of hydrogen-bond donors (Lipinski definition) is 1. The fourth-order valence-electron chi connectivity index (χ4n) is 1.60. The molecule has 1 aromatic carbocycles. The minimum absolute atomic E-state index is 0.397. The van der Waals surface area contributed by atoms with E-state index in [0.29, 0.717) is 12.1 Å². The Labute approximate surface area is 92.8 Å². The Morgan fingerprint density at radius 3 is 2.50 bits per heavy atom. The lowest BCUT2D eigenvalue weighted by Crippen LogP contribution is -2.45. The highest BCUT2D eigenvalue weighted by molar-refractivity contribution is 9.10. The Hall–Kier alpha value is -0.540. The molecule has 14 heavy (non-hydrogen) atoms. The molecule has 0 aromatic heterocycles. The molecule has 0 spiro atoms.